The van der Waals surface area contributed by atoms with E-state index >= 15 is 0 Å². The van der Waals surface area contributed by atoms with E-state index in [1.54, 1.807) is 18.2 Å². The second kappa shape index (κ2) is 8.71. The summed E-state index contributed by atoms with van der Waals surface area (Å²) in [5.41, 5.74) is 2.16. The standard InChI is InChI=1S/C21H21ClN4O2/c1-14-23-19(25-18-11-16(21(27)28-3)9-10-17(18)22)12-20(24-14)26(2)13-15-7-5-4-6-8-15/h4-12H,13H2,1-3H3,(H,23,24,25). The molecule has 3 rings (SSSR count). The molecular weight excluding hydrogens is 376 g/mol. The summed E-state index contributed by atoms with van der Waals surface area (Å²) in [6.45, 7) is 2.55. The Kier molecular flexibility index (Phi) is 6.11. The van der Waals surface area contributed by atoms with Gasteiger partial charge >= 0.3 is 5.97 Å². The van der Waals surface area contributed by atoms with Gasteiger partial charge in [0.2, 0.25) is 0 Å². The molecule has 0 aliphatic heterocycles. The van der Waals surface area contributed by atoms with Gasteiger partial charge in [0.25, 0.3) is 0 Å². The topological polar surface area (TPSA) is 67.3 Å². The number of hydrogen-bond acceptors (Lipinski definition) is 6. The maximum Gasteiger partial charge on any atom is 0.337 e. The van der Waals surface area contributed by atoms with Crippen molar-refractivity contribution >= 4 is 34.9 Å². The summed E-state index contributed by atoms with van der Waals surface area (Å²) < 4.78 is 4.77. The van der Waals surface area contributed by atoms with E-state index in [0.29, 0.717) is 27.9 Å². The van der Waals surface area contributed by atoms with Gasteiger partial charge in [0.15, 0.2) is 0 Å². The predicted molar refractivity (Wildman–Crippen MR) is 111 cm³/mol. The lowest BCUT2D eigenvalue weighted by Crippen LogP contribution is -2.18. The lowest BCUT2D eigenvalue weighted by atomic mass is 10.2. The summed E-state index contributed by atoms with van der Waals surface area (Å²) in [5.74, 6) is 1.56. The Morgan fingerprint density at radius 2 is 1.89 bits per heavy atom. The normalized spacial score (nSPS) is 10.4. The molecule has 7 heteroatoms. The highest BCUT2D eigenvalue weighted by molar-refractivity contribution is 6.33. The van der Waals surface area contributed by atoms with Gasteiger partial charge in [0.1, 0.15) is 17.5 Å². The Balaban J connectivity index is 1.85. The van der Waals surface area contributed by atoms with E-state index in [2.05, 4.69) is 27.4 Å². The van der Waals surface area contributed by atoms with Crippen LogP contribution in [0, 0.1) is 6.92 Å². The minimum Gasteiger partial charge on any atom is -0.465 e. The van der Waals surface area contributed by atoms with Crippen LogP contribution >= 0.6 is 11.6 Å². The van der Waals surface area contributed by atoms with Crippen molar-refractivity contribution in [1.82, 2.24) is 9.97 Å². The predicted octanol–water partition coefficient (Wildman–Crippen LogP) is 4.61. The quantitative estimate of drug-likeness (QED) is 0.614. The number of esters is 1. The molecule has 0 saturated carbocycles. The van der Waals surface area contributed by atoms with Crippen LogP contribution in [0.1, 0.15) is 21.7 Å². The number of aryl methyl sites for hydroxylation is 1. The highest BCUT2D eigenvalue weighted by atomic mass is 35.5. The number of benzene rings is 2. The molecule has 0 atom stereocenters. The van der Waals surface area contributed by atoms with E-state index in [-0.39, 0.29) is 0 Å². The first-order chi connectivity index (χ1) is 13.5. The highest BCUT2D eigenvalue weighted by Gasteiger charge is 2.12. The van der Waals surface area contributed by atoms with Crippen LogP contribution in [0.5, 0.6) is 0 Å². The Morgan fingerprint density at radius 1 is 1.14 bits per heavy atom. The van der Waals surface area contributed by atoms with E-state index < -0.39 is 5.97 Å². The summed E-state index contributed by atoms with van der Waals surface area (Å²) in [6, 6.07) is 16.9. The number of methoxy groups -OCH3 is 1. The van der Waals surface area contributed by atoms with Gasteiger partial charge in [0.05, 0.1) is 23.4 Å². The van der Waals surface area contributed by atoms with Gasteiger partial charge in [0, 0.05) is 19.7 Å². The lowest BCUT2D eigenvalue weighted by molar-refractivity contribution is 0.0601. The molecule has 0 bridgehead atoms. The summed E-state index contributed by atoms with van der Waals surface area (Å²) in [5, 5.41) is 3.65. The summed E-state index contributed by atoms with van der Waals surface area (Å²) in [7, 11) is 3.32. The first-order valence-corrected chi connectivity index (χ1v) is 9.09. The fraction of sp³-hybridized carbons (Fsp3) is 0.190. The highest BCUT2D eigenvalue weighted by Crippen LogP contribution is 2.27. The smallest absolute Gasteiger partial charge is 0.337 e. The number of anilines is 3. The molecule has 1 heterocycles. The zero-order valence-electron chi connectivity index (χ0n) is 15.9. The molecule has 0 amide bonds. The zero-order chi connectivity index (χ0) is 20.1. The Morgan fingerprint density at radius 3 is 2.61 bits per heavy atom. The van der Waals surface area contributed by atoms with Crippen LogP contribution < -0.4 is 10.2 Å². The largest absolute Gasteiger partial charge is 0.465 e. The van der Waals surface area contributed by atoms with Crippen LogP contribution in [0.4, 0.5) is 17.3 Å². The first-order valence-electron chi connectivity index (χ1n) is 8.72. The number of hydrogen-bond donors (Lipinski definition) is 1. The third-order valence-electron chi connectivity index (χ3n) is 4.13. The minimum absolute atomic E-state index is 0.404. The minimum atomic E-state index is -0.429. The number of nitrogens with zero attached hydrogens (tertiary/aromatic N) is 3. The number of aromatic nitrogens is 2. The molecule has 3 aromatic rings. The summed E-state index contributed by atoms with van der Waals surface area (Å²) in [6.07, 6.45) is 0. The molecule has 0 fully saturated rings. The first kappa shape index (κ1) is 19.6. The van der Waals surface area contributed by atoms with E-state index in [4.69, 9.17) is 16.3 Å². The van der Waals surface area contributed by atoms with Gasteiger partial charge in [-0.05, 0) is 30.7 Å². The van der Waals surface area contributed by atoms with E-state index in [1.165, 1.54) is 12.7 Å². The molecule has 0 radical (unpaired) electrons. The van der Waals surface area contributed by atoms with Crippen molar-refractivity contribution in [3.05, 3.63) is 76.6 Å². The molecule has 144 valence electrons. The Labute approximate surface area is 169 Å². The average molecular weight is 397 g/mol. The van der Waals surface area contributed by atoms with E-state index in [9.17, 15) is 4.79 Å². The van der Waals surface area contributed by atoms with E-state index in [1.807, 2.05) is 43.1 Å². The van der Waals surface area contributed by atoms with Crippen LogP contribution in [0.3, 0.4) is 0 Å². The van der Waals surface area contributed by atoms with Gasteiger partial charge in [-0.15, -0.1) is 0 Å². The van der Waals surface area contributed by atoms with Crippen molar-refractivity contribution in [2.45, 2.75) is 13.5 Å². The van der Waals surface area contributed by atoms with Gasteiger partial charge in [-0.1, -0.05) is 41.9 Å². The second-order valence-corrected chi connectivity index (χ2v) is 6.72. The van der Waals surface area contributed by atoms with Gasteiger partial charge in [-0.3, -0.25) is 0 Å². The van der Waals surface area contributed by atoms with Crippen molar-refractivity contribution in [2.24, 2.45) is 0 Å². The molecule has 28 heavy (non-hydrogen) atoms. The van der Waals surface area contributed by atoms with E-state index in [0.717, 1.165) is 12.4 Å². The fourth-order valence-electron chi connectivity index (χ4n) is 2.75. The molecule has 6 nitrogen and oxygen atoms in total. The Hall–Kier alpha value is -3.12. The molecule has 0 spiro atoms. The molecule has 0 unspecified atom stereocenters. The number of carbonyl (C=O) groups excluding carboxylic acids is 1. The second-order valence-electron chi connectivity index (χ2n) is 6.31. The van der Waals surface area contributed by atoms with Crippen LogP contribution in [0.15, 0.2) is 54.6 Å². The monoisotopic (exact) mass is 396 g/mol. The van der Waals surface area contributed by atoms with Crippen molar-refractivity contribution in [3.8, 4) is 0 Å². The van der Waals surface area contributed by atoms with Gasteiger partial charge in [-0.2, -0.15) is 0 Å². The number of nitrogens with one attached hydrogen (secondary N) is 1. The van der Waals surface area contributed by atoms with Crippen LogP contribution in [0.2, 0.25) is 5.02 Å². The number of ether oxygens (including phenoxy) is 1. The lowest BCUT2D eigenvalue weighted by Gasteiger charge is -2.20. The van der Waals surface area contributed by atoms with Crippen molar-refractivity contribution in [3.63, 3.8) is 0 Å². The fourth-order valence-corrected chi connectivity index (χ4v) is 2.92. The number of carbonyl (C=O) groups is 1. The molecule has 0 saturated heterocycles. The summed E-state index contributed by atoms with van der Waals surface area (Å²) >= 11 is 6.27. The Bertz CT molecular complexity index is 979. The third-order valence-corrected chi connectivity index (χ3v) is 4.46. The third kappa shape index (κ3) is 4.78. The maximum absolute atomic E-state index is 11.8. The van der Waals surface area contributed by atoms with Gasteiger partial charge < -0.3 is 15.0 Å². The van der Waals surface area contributed by atoms with Crippen molar-refractivity contribution < 1.29 is 9.53 Å². The maximum atomic E-state index is 11.8. The van der Waals surface area contributed by atoms with Crippen LogP contribution in [-0.4, -0.2) is 30.1 Å². The van der Waals surface area contributed by atoms with Crippen molar-refractivity contribution in [1.29, 1.82) is 0 Å². The molecule has 0 aliphatic carbocycles. The van der Waals surface area contributed by atoms with Gasteiger partial charge in [-0.25, -0.2) is 14.8 Å². The molecule has 1 aromatic heterocycles. The average Bonchev–Trinajstić information content (AvgIpc) is 2.69. The SMILES string of the molecule is COC(=O)c1ccc(Cl)c(Nc2cc(N(C)Cc3ccccc3)nc(C)n2)c1. The zero-order valence-corrected chi connectivity index (χ0v) is 16.7. The van der Waals surface area contributed by atoms with Crippen molar-refractivity contribution in [2.75, 3.05) is 24.4 Å². The molecule has 2 aromatic carbocycles. The molecular formula is C21H21ClN4O2. The van der Waals surface area contributed by atoms with Crippen LogP contribution in [-0.2, 0) is 11.3 Å². The number of rotatable bonds is 6. The molecule has 1 N–H and O–H groups in total. The molecule has 0 aliphatic rings. The summed E-state index contributed by atoms with van der Waals surface area (Å²) in [4.78, 5) is 22.8. The van der Waals surface area contributed by atoms with Crippen LogP contribution in [0.25, 0.3) is 0 Å². The number of halogens is 1.